The van der Waals surface area contributed by atoms with E-state index >= 15 is 0 Å². The molecule has 3 aromatic rings. The van der Waals surface area contributed by atoms with Crippen LogP contribution in [0.1, 0.15) is 38.0 Å². The molecule has 1 unspecified atom stereocenters. The number of hydrogen-bond donors (Lipinski definition) is 2. The number of allylic oxidation sites excluding steroid dienone is 1. The van der Waals surface area contributed by atoms with Crippen molar-refractivity contribution in [3.63, 3.8) is 0 Å². The number of benzene rings is 2. The lowest BCUT2D eigenvalue weighted by atomic mass is 9.84. The summed E-state index contributed by atoms with van der Waals surface area (Å²) in [6, 6.07) is 19.1. The highest BCUT2D eigenvalue weighted by molar-refractivity contribution is 5.73. The van der Waals surface area contributed by atoms with Gasteiger partial charge < -0.3 is 24.5 Å². The second kappa shape index (κ2) is 8.95. The van der Waals surface area contributed by atoms with Crippen LogP contribution in [0.5, 0.6) is 5.75 Å². The molecule has 1 heterocycles. The summed E-state index contributed by atoms with van der Waals surface area (Å²) >= 11 is 0. The van der Waals surface area contributed by atoms with Crippen molar-refractivity contribution in [1.29, 1.82) is 0 Å². The van der Waals surface area contributed by atoms with Gasteiger partial charge in [-0.15, -0.1) is 0 Å². The second-order valence-corrected chi connectivity index (χ2v) is 8.80. The van der Waals surface area contributed by atoms with Crippen molar-refractivity contribution < 1.29 is 14.3 Å². The first kappa shape index (κ1) is 21.8. The molecule has 166 valence electrons. The SMILES string of the molecule is CC(C)=C(NC(C=O)(c1cccc(-c2cccc(O)c2)c1)C1CC1)N(C)Cc1ccco1. The standard InChI is InChI=1S/C27H30N2O3/c1-19(2)26(29(3)17-25-11-6-14-32-25)28-27(18-30,22-12-13-22)23-9-4-7-20(15-23)21-8-5-10-24(31)16-21/h4-11,14-16,18,22,28,31H,12-13,17H2,1-3H3. The third-order valence-electron chi connectivity index (χ3n) is 6.08. The van der Waals surface area contributed by atoms with Gasteiger partial charge in [0, 0.05) is 7.05 Å². The van der Waals surface area contributed by atoms with Crippen LogP contribution in [-0.2, 0) is 16.9 Å². The van der Waals surface area contributed by atoms with Crippen molar-refractivity contribution in [2.24, 2.45) is 5.92 Å². The molecule has 4 rings (SSSR count). The molecule has 5 nitrogen and oxygen atoms in total. The molecular formula is C27H30N2O3. The number of carbonyl (C=O) groups excluding carboxylic acids is 1. The Balaban J connectivity index is 1.71. The van der Waals surface area contributed by atoms with Crippen LogP contribution in [0, 0.1) is 5.92 Å². The van der Waals surface area contributed by atoms with Gasteiger partial charge in [0.15, 0.2) is 0 Å². The number of nitrogens with one attached hydrogen (secondary N) is 1. The van der Waals surface area contributed by atoms with Crippen molar-refractivity contribution in [3.8, 4) is 16.9 Å². The minimum atomic E-state index is -0.823. The van der Waals surface area contributed by atoms with E-state index in [-0.39, 0.29) is 11.7 Å². The van der Waals surface area contributed by atoms with Gasteiger partial charge in [-0.1, -0.05) is 30.3 Å². The molecule has 5 heteroatoms. The van der Waals surface area contributed by atoms with Crippen LogP contribution in [0.4, 0.5) is 0 Å². The number of furan rings is 1. The predicted octanol–water partition coefficient (Wildman–Crippen LogP) is 5.43. The molecule has 1 saturated carbocycles. The molecule has 0 bridgehead atoms. The summed E-state index contributed by atoms with van der Waals surface area (Å²) in [5.41, 5.74) is 3.09. The fourth-order valence-electron chi connectivity index (χ4n) is 4.30. The Labute approximate surface area is 189 Å². The van der Waals surface area contributed by atoms with Crippen molar-refractivity contribution in [3.05, 3.63) is 89.6 Å². The number of phenolic OH excluding ortho intramolecular Hbond substituents is 1. The minimum Gasteiger partial charge on any atom is -0.508 e. The van der Waals surface area contributed by atoms with Gasteiger partial charge in [0.1, 0.15) is 29.2 Å². The Morgan fingerprint density at radius 2 is 1.84 bits per heavy atom. The zero-order valence-corrected chi connectivity index (χ0v) is 18.8. The van der Waals surface area contributed by atoms with Crippen LogP contribution in [0.25, 0.3) is 11.1 Å². The van der Waals surface area contributed by atoms with Gasteiger partial charge in [-0.05, 0) is 85.2 Å². The maximum Gasteiger partial charge on any atom is 0.150 e. The quantitative estimate of drug-likeness (QED) is 0.443. The fraction of sp³-hybridized carbons (Fsp3) is 0.296. The lowest BCUT2D eigenvalue weighted by Gasteiger charge is -2.36. The molecule has 0 spiro atoms. The summed E-state index contributed by atoms with van der Waals surface area (Å²) in [6.07, 6.45) is 4.74. The van der Waals surface area contributed by atoms with Crippen molar-refractivity contribution in [2.75, 3.05) is 7.05 Å². The fourth-order valence-corrected chi connectivity index (χ4v) is 4.30. The summed E-state index contributed by atoms with van der Waals surface area (Å²) in [5, 5.41) is 13.6. The minimum absolute atomic E-state index is 0.223. The van der Waals surface area contributed by atoms with Gasteiger partial charge in [0.25, 0.3) is 0 Å². The van der Waals surface area contributed by atoms with Crippen molar-refractivity contribution in [1.82, 2.24) is 10.2 Å². The topological polar surface area (TPSA) is 65.7 Å². The molecule has 0 saturated heterocycles. The smallest absolute Gasteiger partial charge is 0.150 e. The molecule has 2 N–H and O–H groups in total. The number of nitrogens with zero attached hydrogens (tertiary/aromatic N) is 1. The highest BCUT2D eigenvalue weighted by Crippen LogP contribution is 2.46. The lowest BCUT2D eigenvalue weighted by molar-refractivity contribution is -0.114. The number of hydrogen-bond acceptors (Lipinski definition) is 5. The first-order valence-corrected chi connectivity index (χ1v) is 11.0. The van der Waals surface area contributed by atoms with Crippen molar-refractivity contribution >= 4 is 6.29 Å². The van der Waals surface area contributed by atoms with Gasteiger partial charge in [0.05, 0.1) is 12.8 Å². The Morgan fingerprint density at radius 3 is 2.44 bits per heavy atom. The van der Waals surface area contributed by atoms with Gasteiger partial charge in [-0.2, -0.15) is 0 Å². The van der Waals surface area contributed by atoms with E-state index in [0.29, 0.717) is 6.54 Å². The van der Waals surface area contributed by atoms with E-state index in [2.05, 4.69) is 16.3 Å². The van der Waals surface area contributed by atoms with E-state index in [1.165, 1.54) is 0 Å². The molecule has 2 aromatic carbocycles. The van der Waals surface area contributed by atoms with Crippen LogP contribution in [0.15, 0.2) is 82.7 Å². The highest BCUT2D eigenvalue weighted by Gasteiger charge is 2.47. The molecular weight excluding hydrogens is 400 g/mol. The third-order valence-corrected chi connectivity index (χ3v) is 6.08. The molecule has 0 aliphatic heterocycles. The van der Waals surface area contributed by atoms with E-state index < -0.39 is 5.54 Å². The largest absolute Gasteiger partial charge is 0.508 e. The molecule has 32 heavy (non-hydrogen) atoms. The van der Waals surface area contributed by atoms with Gasteiger partial charge >= 0.3 is 0 Å². The molecule has 1 aliphatic rings. The number of aldehydes is 1. The summed E-state index contributed by atoms with van der Waals surface area (Å²) < 4.78 is 5.53. The normalized spacial score (nSPS) is 15.0. The Bertz CT molecular complexity index is 1110. The van der Waals surface area contributed by atoms with Crippen LogP contribution in [0.3, 0.4) is 0 Å². The average Bonchev–Trinajstić information content (AvgIpc) is 3.52. The highest BCUT2D eigenvalue weighted by atomic mass is 16.3. The van der Waals surface area contributed by atoms with Gasteiger partial charge in [0.2, 0.25) is 0 Å². The molecule has 1 atom stereocenters. The summed E-state index contributed by atoms with van der Waals surface area (Å²) in [7, 11) is 2.00. The van der Waals surface area contributed by atoms with E-state index in [9.17, 15) is 9.90 Å². The van der Waals surface area contributed by atoms with Crippen LogP contribution >= 0.6 is 0 Å². The average molecular weight is 431 g/mol. The second-order valence-electron chi connectivity index (χ2n) is 8.80. The van der Waals surface area contributed by atoms with Gasteiger partial charge in [-0.25, -0.2) is 0 Å². The Morgan fingerprint density at radius 1 is 1.12 bits per heavy atom. The van der Waals surface area contributed by atoms with Gasteiger partial charge in [-0.3, -0.25) is 0 Å². The van der Waals surface area contributed by atoms with E-state index in [4.69, 9.17) is 4.42 Å². The number of carbonyl (C=O) groups is 1. The molecule has 0 radical (unpaired) electrons. The first-order chi connectivity index (χ1) is 15.4. The zero-order chi connectivity index (χ0) is 22.7. The van der Waals surface area contributed by atoms with E-state index in [1.807, 2.05) is 63.4 Å². The number of phenols is 1. The summed E-state index contributed by atoms with van der Waals surface area (Å²) in [4.78, 5) is 14.8. The lowest BCUT2D eigenvalue weighted by Crippen LogP contribution is -2.49. The monoisotopic (exact) mass is 430 g/mol. The van der Waals surface area contributed by atoms with E-state index in [1.54, 1.807) is 18.4 Å². The predicted molar refractivity (Wildman–Crippen MR) is 126 cm³/mol. The number of rotatable bonds is 9. The summed E-state index contributed by atoms with van der Waals surface area (Å²) in [5.74, 6) is 2.23. The van der Waals surface area contributed by atoms with Crippen LogP contribution in [-0.4, -0.2) is 23.3 Å². The molecule has 1 aliphatic carbocycles. The molecule has 1 aromatic heterocycles. The number of aromatic hydroxyl groups is 1. The Hall–Kier alpha value is -3.47. The molecule has 1 fully saturated rings. The third kappa shape index (κ3) is 4.42. The molecule has 0 amide bonds. The summed E-state index contributed by atoms with van der Waals surface area (Å²) in [6.45, 7) is 4.70. The van der Waals surface area contributed by atoms with Crippen molar-refractivity contribution in [2.45, 2.75) is 38.8 Å². The van der Waals surface area contributed by atoms with Crippen LogP contribution in [0.2, 0.25) is 0 Å². The van der Waals surface area contributed by atoms with Crippen LogP contribution < -0.4 is 5.32 Å². The maximum absolute atomic E-state index is 12.7. The van der Waals surface area contributed by atoms with E-state index in [0.717, 1.165) is 53.0 Å². The maximum atomic E-state index is 12.7. The zero-order valence-electron chi connectivity index (χ0n) is 18.8. The first-order valence-electron chi connectivity index (χ1n) is 11.0. The Kier molecular flexibility index (Phi) is 6.08.